The van der Waals surface area contributed by atoms with E-state index in [2.05, 4.69) is 23.6 Å². The molecule has 2 aliphatic rings. The molecule has 1 aromatic carbocycles. The minimum atomic E-state index is -0.840. The zero-order valence-corrected chi connectivity index (χ0v) is 14.9. The van der Waals surface area contributed by atoms with Crippen LogP contribution in [-0.2, 0) is 17.6 Å². The highest BCUT2D eigenvalue weighted by atomic mass is 16.5. The van der Waals surface area contributed by atoms with Crippen molar-refractivity contribution in [1.82, 2.24) is 9.80 Å². The van der Waals surface area contributed by atoms with Gasteiger partial charge in [0, 0.05) is 32.7 Å². The number of carbonyl (C=O) groups excluding carboxylic acids is 1. The highest BCUT2D eigenvalue weighted by Crippen LogP contribution is 2.28. The number of ether oxygens (including phenoxy) is 1. The topological polar surface area (TPSA) is 32.8 Å². The second-order valence-electron chi connectivity index (χ2n) is 7.28. The molecule has 130 valence electrons. The number of aryl methyl sites for hydroxylation is 2. The normalized spacial score (nSPS) is 18.3. The van der Waals surface area contributed by atoms with Crippen molar-refractivity contribution in [3.8, 4) is 5.75 Å². The van der Waals surface area contributed by atoms with Gasteiger partial charge in [-0.25, -0.2) is 0 Å². The third kappa shape index (κ3) is 3.64. The van der Waals surface area contributed by atoms with Gasteiger partial charge in [-0.05, 0) is 56.4 Å². The van der Waals surface area contributed by atoms with E-state index in [-0.39, 0.29) is 5.91 Å². The third-order valence-corrected chi connectivity index (χ3v) is 5.00. The maximum atomic E-state index is 12.9. The number of nitrogens with zero attached hydrogens (tertiary/aromatic N) is 2. The Bertz CT molecular complexity index is 616. The van der Waals surface area contributed by atoms with Gasteiger partial charge in [0.1, 0.15) is 5.75 Å². The summed E-state index contributed by atoms with van der Waals surface area (Å²) in [5, 5.41) is 0. The SMILES string of the molecule is C=CCN1CCN(C(=O)C(C)(C)Oc2ccc3c(c2)CCC3)CC1. The van der Waals surface area contributed by atoms with Crippen LogP contribution in [0.2, 0.25) is 0 Å². The van der Waals surface area contributed by atoms with Crippen molar-refractivity contribution >= 4 is 5.91 Å². The van der Waals surface area contributed by atoms with Gasteiger partial charge in [0.2, 0.25) is 0 Å². The van der Waals surface area contributed by atoms with Gasteiger partial charge in [0.25, 0.3) is 5.91 Å². The van der Waals surface area contributed by atoms with Gasteiger partial charge >= 0.3 is 0 Å². The van der Waals surface area contributed by atoms with Gasteiger partial charge in [-0.15, -0.1) is 6.58 Å². The van der Waals surface area contributed by atoms with E-state index in [1.165, 1.54) is 17.5 Å². The summed E-state index contributed by atoms with van der Waals surface area (Å²) in [5.74, 6) is 0.876. The van der Waals surface area contributed by atoms with Gasteiger partial charge in [0.05, 0.1) is 0 Å². The van der Waals surface area contributed by atoms with Crippen molar-refractivity contribution in [3.63, 3.8) is 0 Å². The van der Waals surface area contributed by atoms with Crippen molar-refractivity contribution < 1.29 is 9.53 Å². The molecule has 0 atom stereocenters. The molecule has 0 bridgehead atoms. The number of rotatable bonds is 5. The Hall–Kier alpha value is -1.81. The summed E-state index contributed by atoms with van der Waals surface area (Å²) >= 11 is 0. The van der Waals surface area contributed by atoms with Gasteiger partial charge < -0.3 is 9.64 Å². The summed E-state index contributed by atoms with van der Waals surface area (Å²) in [6.45, 7) is 11.7. The van der Waals surface area contributed by atoms with E-state index in [1.807, 2.05) is 30.9 Å². The molecule has 24 heavy (non-hydrogen) atoms. The van der Waals surface area contributed by atoms with Gasteiger partial charge in [-0.1, -0.05) is 12.1 Å². The molecule has 1 saturated heterocycles. The summed E-state index contributed by atoms with van der Waals surface area (Å²) in [7, 11) is 0. The monoisotopic (exact) mass is 328 g/mol. The van der Waals surface area contributed by atoms with Crippen LogP contribution in [-0.4, -0.2) is 54.0 Å². The Labute approximate surface area is 145 Å². The molecule has 0 unspecified atom stereocenters. The van der Waals surface area contributed by atoms with Crippen LogP contribution in [0, 0.1) is 0 Å². The Kier molecular flexibility index (Phi) is 4.95. The zero-order valence-electron chi connectivity index (χ0n) is 14.9. The lowest BCUT2D eigenvalue weighted by Crippen LogP contribution is -2.55. The summed E-state index contributed by atoms with van der Waals surface area (Å²) in [6.07, 6.45) is 5.41. The maximum Gasteiger partial charge on any atom is 0.266 e. The van der Waals surface area contributed by atoms with Crippen LogP contribution in [0.25, 0.3) is 0 Å². The van der Waals surface area contributed by atoms with Crippen molar-refractivity contribution in [1.29, 1.82) is 0 Å². The van der Waals surface area contributed by atoms with Crippen molar-refractivity contribution in [2.24, 2.45) is 0 Å². The van der Waals surface area contributed by atoms with Crippen LogP contribution in [0.4, 0.5) is 0 Å². The summed E-state index contributed by atoms with van der Waals surface area (Å²) in [4.78, 5) is 17.1. The number of hydrogen-bond donors (Lipinski definition) is 0. The third-order valence-electron chi connectivity index (χ3n) is 5.00. The van der Waals surface area contributed by atoms with Crippen LogP contribution >= 0.6 is 0 Å². The van der Waals surface area contributed by atoms with Gasteiger partial charge in [-0.2, -0.15) is 0 Å². The van der Waals surface area contributed by atoms with Crippen molar-refractivity contribution in [2.45, 2.75) is 38.7 Å². The van der Waals surface area contributed by atoms with Crippen molar-refractivity contribution in [2.75, 3.05) is 32.7 Å². The van der Waals surface area contributed by atoms with E-state index in [0.717, 1.165) is 51.3 Å². The number of benzene rings is 1. The number of amides is 1. The molecule has 0 radical (unpaired) electrons. The number of piperazine rings is 1. The molecule has 1 fully saturated rings. The van der Waals surface area contributed by atoms with Gasteiger partial charge in [-0.3, -0.25) is 9.69 Å². The first kappa shape index (κ1) is 17.0. The highest BCUT2D eigenvalue weighted by Gasteiger charge is 2.35. The fourth-order valence-electron chi connectivity index (χ4n) is 3.65. The summed E-state index contributed by atoms with van der Waals surface area (Å²) < 4.78 is 6.10. The Balaban J connectivity index is 1.62. The quantitative estimate of drug-likeness (QED) is 0.779. The average Bonchev–Trinajstić information content (AvgIpc) is 3.02. The van der Waals surface area contributed by atoms with E-state index in [9.17, 15) is 4.79 Å². The van der Waals surface area contributed by atoms with Gasteiger partial charge in [0.15, 0.2) is 5.60 Å². The van der Waals surface area contributed by atoms with E-state index in [1.54, 1.807) is 0 Å². The molecule has 0 N–H and O–H groups in total. The van der Waals surface area contributed by atoms with E-state index < -0.39 is 5.60 Å². The molecule has 0 saturated carbocycles. The number of fused-ring (bicyclic) bond motifs is 1. The smallest absolute Gasteiger partial charge is 0.266 e. The second kappa shape index (κ2) is 6.98. The molecular formula is C20H28N2O2. The molecule has 1 aliphatic carbocycles. The van der Waals surface area contributed by atoms with E-state index >= 15 is 0 Å². The minimum absolute atomic E-state index is 0.0706. The van der Waals surface area contributed by atoms with Crippen LogP contribution in [0.1, 0.15) is 31.4 Å². The number of hydrogen-bond acceptors (Lipinski definition) is 3. The lowest BCUT2D eigenvalue weighted by atomic mass is 10.1. The molecule has 0 spiro atoms. The Morgan fingerprint density at radius 1 is 1.21 bits per heavy atom. The molecule has 4 nitrogen and oxygen atoms in total. The molecule has 3 rings (SSSR count). The second-order valence-corrected chi connectivity index (χ2v) is 7.28. The van der Waals surface area contributed by atoms with Crippen LogP contribution in [0.5, 0.6) is 5.75 Å². The zero-order chi connectivity index (χ0) is 17.2. The van der Waals surface area contributed by atoms with Crippen molar-refractivity contribution in [3.05, 3.63) is 42.0 Å². The first-order chi connectivity index (χ1) is 11.5. The van der Waals surface area contributed by atoms with Crippen LogP contribution in [0.15, 0.2) is 30.9 Å². The molecule has 1 aromatic rings. The molecule has 0 aromatic heterocycles. The largest absolute Gasteiger partial charge is 0.478 e. The molecule has 4 heteroatoms. The average molecular weight is 328 g/mol. The molecule has 1 heterocycles. The molecular weight excluding hydrogens is 300 g/mol. The predicted molar refractivity (Wildman–Crippen MR) is 96.4 cm³/mol. The fourth-order valence-corrected chi connectivity index (χ4v) is 3.65. The van der Waals surface area contributed by atoms with Crippen LogP contribution < -0.4 is 4.74 Å². The first-order valence-corrected chi connectivity index (χ1v) is 8.93. The first-order valence-electron chi connectivity index (χ1n) is 8.93. The molecule has 1 aliphatic heterocycles. The highest BCUT2D eigenvalue weighted by molar-refractivity contribution is 5.85. The Morgan fingerprint density at radius 2 is 1.92 bits per heavy atom. The maximum absolute atomic E-state index is 12.9. The minimum Gasteiger partial charge on any atom is -0.478 e. The lowest BCUT2D eigenvalue weighted by Gasteiger charge is -2.38. The summed E-state index contributed by atoms with van der Waals surface area (Å²) in [6, 6.07) is 6.26. The molecule has 1 amide bonds. The summed E-state index contributed by atoms with van der Waals surface area (Å²) in [5.41, 5.74) is 1.95. The fraction of sp³-hybridized carbons (Fsp3) is 0.550. The number of carbonyl (C=O) groups is 1. The lowest BCUT2D eigenvalue weighted by molar-refractivity contribution is -0.147. The van der Waals surface area contributed by atoms with E-state index in [0.29, 0.717) is 0 Å². The Morgan fingerprint density at radius 3 is 2.62 bits per heavy atom. The standard InChI is InChI=1S/C20H28N2O2/c1-4-10-21-11-13-22(14-12-21)19(23)20(2,3)24-18-9-8-16-6-5-7-17(16)15-18/h4,8-9,15H,1,5-7,10-14H2,2-3H3. The van der Waals surface area contributed by atoms with Crippen LogP contribution in [0.3, 0.4) is 0 Å². The van der Waals surface area contributed by atoms with E-state index in [4.69, 9.17) is 4.74 Å². The predicted octanol–water partition coefficient (Wildman–Crippen LogP) is 2.66.